The molecule has 0 bridgehead atoms. The molecule has 2 aromatic carbocycles. The molecule has 0 radical (unpaired) electrons. The maximum Gasteiger partial charge on any atom is 0.419 e. The van der Waals surface area contributed by atoms with Gasteiger partial charge in [-0.1, -0.05) is 30.3 Å². The Morgan fingerprint density at radius 2 is 1.85 bits per heavy atom. The van der Waals surface area contributed by atoms with Crippen LogP contribution in [0.1, 0.15) is 6.92 Å². The summed E-state index contributed by atoms with van der Waals surface area (Å²) in [6.45, 7) is 2.63. The van der Waals surface area contributed by atoms with Gasteiger partial charge in [0.2, 0.25) is 0 Å². The number of hydrogen-bond donors (Lipinski definition) is 1. The molecule has 1 N–H and O–H groups in total. The van der Waals surface area contributed by atoms with Crippen LogP contribution in [-0.4, -0.2) is 18.7 Å². The Hall–Kier alpha value is -2.49. The average molecular weight is 268 g/mol. The molecule has 3 rings (SSSR count). The zero-order chi connectivity index (χ0) is 13.9. The monoisotopic (exact) mass is 268 g/mol. The number of ether oxygens (including phenoxy) is 1. The number of nitrogens with one attached hydrogen (secondary N) is 1. The van der Waals surface area contributed by atoms with Gasteiger partial charge in [0.25, 0.3) is 0 Å². The van der Waals surface area contributed by atoms with Crippen molar-refractivity contribution in [3.05, 3.63) is 54.6 Å². The summed E-state index contributed by atoms with van der Waals surface area (Å²) in [5.41, 5.74) is 1.81. The first-order valence-corrected chi connectivity index (χ1v) is 6.64. The lowest BCUT2D eigenvalue weighted by Crippen LogP contribution is -2.44. The first-order valence-electron chi connectivity index (χ1n) is 6.64. The van der Waals surface area contributed by atoms with Crippen molar-refractivity contribution < 1.29 is 9.53 Å². The standard InChI is InChI=1S/C16H16N2O2/c1-12-11-18(15-10-6-5-9-14(15)17-12)16(19)20-13-7-3-2-4-8-13/h2-10,12,17H,11H2,1H3. The molecule has 1 aliphatic rings. The van der Waals surface area contributed by atoms with Gasteiger partial charge in [-0.3, -0.25) is 4.90 Å². The third-order valence-electron chi connectivity index (χ3n) is 3.22. The Morgan fingerprint density at radius 3 is 2.65 bits per heavy atom. The Kier molecular flexibility index (Phi) is 3.29. The van der Waals surface area contributed by atoms with Crippen LogP contribution in [-0.2, 0) is 0 Å². The second-order valence-electron chi connectivity index (χ2n) is 4.85. The molecular formula is C16H16N2O2. The molecule has 1 heterocycles. The number of nitrogens with zero attached hydrogens (tertiary/aromatic N) is 1. The molecule has 20 heavy (non-hydrogen) atoms. The van der Waals surface area contributed by atoms with E-state index < -0.39 is 0 Å². The normalized spacial score (nSPS) is 17.1. The van der Waals surface area contributed by atoms with E-state index in [2.05, 4.69) is 5.32 Å². The molecule has 4 nitrogen and oxygen atoms in total. The van der Waals surface area contributed by atoms with Crippen LogP contribution in [0.15, 0.2) is 54.6 Å². The van der Waals surface area contributed by atoms with E-state index in [1.807, 2.05) is 49.4 Å². The predicted octanol–water partition coefficient (Wildman–Crippen LogP) is 3.51. The first kappa shape index (κ1) is 12.5. The van der Waals surface area contributed by atoms with Gasteiger partial charge in [-0.25, -0.2) is 4.79 Å². The van der Waals surface area contributed by atoms with E-state index in [9.17, 15) is 4.79 Å². The van der Waals surface area contributed by atoms with E-state index in [1.54, 1.807) is 17.0 Å². The van der Waals surface area contributed by atoms with Gasteiger partial charge < -0.3 is 10.1 Å². The van der Waals surface area contributed by atoms with Crippen molar-refractivity contribution >= 4 is 17.5 Å². The predicted molar refractivity (Wildman–Crippen MR) is 79.3 cm³/mol. The van der Waals surface area contributed by atoms with Crippen molar-refractivity contribution in [2.45, 2.75) is 13.0 Å². The molecule has 102 valence electrons. The molecular weight excluding hydrogens is 252 g/mol. The van der Waals surface area contributed by atoms with Gasteiger partial charge in [0.05, 0.1) is 11.4 Å². The van der Waals surface area contributed by atoms with Crippen molar-refractivity contribution in [2.24, 2.45) is 0 Å². The van der Waals surface area contributed by atoms with Gasteiger partial charge in [-0.15, -0.1) is 0 Å². The summed E-state index contributed by atoms with van der Waals surface area (Å²) in [7, 11) is 0. The van der Waals surface area contributed by atoms with Gasteiger partial charge in [-0.2, -0.15) is 0 Å². The fourth-order valence-corrected chi connectivity index (χ4v) is 2.33. The maximum absolute atomic E-state index is 12.4. The quantitative estimate of drug-likeness (QED) is 0.860. The van der Waals surface area contributed by atoms with Gasteiger partial charge >= 0.3 is 6.09 Å². The van der Waals surface area contributed by atoms with Gasteiger partial charge in [0, 0.05) is 12.6 Å². The Bertz CT molecular complexity index is 613. The second kappa shape index (κ2) is 5.25. The molecule has 1 amide bonds. The largest absolute Gasteiger partial charge is 0.419 e. The van der Waals surface area contributed by atoms with Crippen molar-refractivity contribution in [3.63, 3.8) is 0 Å². The second-order valence-corrected chi connectivity index (χ2v) is 4.85. The third kappa shape index (κ3) is 2.45. The highest BCUT2D eigenvalue weighted by molar-refractivity contribution is 5.94. The van der Waals surface area contributed by atoms with Gasteiger partial charge in [-0.05, 0) is 31.2 Å². The van der Waals surface area contributed by atoms with Crippen LogP contribution in [0.4, 0.5) is 16.2 Å². The highest BCUT2D eigenvalue weighted by Gasteiger charge is 2.27. The van der Waals surface area contributed by atoms with Crippen molar-refractivity contribution in [1.82, 2.24) is 0 Å². The fraction of sp³-hybridized carbons (Fsp3) is 0.188. The van der Waals surface area contributed by atoms with Crippen LogP contribution in [0.5, 0.6) is 5.75 Å². The Morgan fingerprint density at radius 1 is 1.15 bits per heavy atom. The lowest BCUT2D eigenvalue weighted by molar-refractivity contribution is 0.207. The van der Waals surface area contributed by atoms with E-state index in [-0.39, 0.29) is 12.1 Å². The SMILES string of the molecule is CC1CN(C(=O)Oc2ccccc2)c2ccccc2N1. The molecule has 4 heteroatoms. The molecule has 0 saturated heterocycles. The summed E-state index contributed by atoms with van der Waals surface area (Å²) in [4.78, 5) is 14.0. The number of anilines is 2. The number of fused-ring (bicyclic) bond motifs is 1. The van der Waals surface area contributed by atoms with Crippen LogP contribution in [0.25, 0.3) is 0 Å². The number of benzene rings is 2. The van der Waals surface area contributed by atoms with Crippen LogP contribution in [0.2, 0.25) is 0 Å². The number of hydrogen-bond acceptors (Lipinski definition) is 3. The molecule has 0 fully saturated rings. The maximum atomic E-state index is 12.4. The summed E-state index contributed by atoms with van der Waals surface area (Å²) in [6.07, 6.45) is -0.350. The molecule has 2 aromatic rings. The summed E-state index contributed by atoms with van der Waals surface area (Å²) in [5, 5.41) is 3.36. The van der Waals surface area contributed by atoms with Gasteiger partial charge in [0.15, 0.2) is 0 Å². The summed E-state index contributed by atoms with van der Waals surface area (Å²) in [5.74, 6) is 0.557. The third-order valence-corrected chi connectivity index (χ3v) is 3.22. The number of carbonyl (C=O) groups excluding carboxylic acids is 1. The van der Waals surface area contributed by atoms with Crippen LogP contribution in [0, 0.1) is 0 Å². The molecule has 1 aliphatic heterocycles. The van der Waals surface area contributed by atoms with Crippen LogP contribution < -0.4 is 15.0 Å². The number of para-hydroxylation sites is 3. The molecule has 1 atom stereocenters. The Labute approximate surface area is 118 Å². The molecule has 0 aliphatic carbocycles. The fourth-order valence-electron chi connectivity index (χ4n) is 2.33. The van der Waals surface area contributed by atoms with Crippen LogP contribution in [0.3, 0.4) is 0 Å². The van der Waals surface area contributed by atoms with Crippen molar-refractivity contribution in [2.75, 3.05) is 16.8 Å². The van der Waals surface area contributed by atoms with Gasteiger partial charge in [0.1, 0.15) is 5.75 Å². The molecule has 1 unspecified atom stereocenters. The minimum atomic E-state index is -0.350. The Balaban J connectivity index is 1.85. The van der Waals surface area contributed by atoms with E-state index in [0.717, 1.165) is 11.4 Å². The highest BCUT2D eigenvalue weighted by Crippen LogP contribution is 2.31. The number of amides is 1. The molecule has 0 saturated carbocycles. The highest BCUT2D eigenvalue weighted by atomic mass is 16.6. The van der Waals surface area contributed by atoms with E-state index >= 15 is 0 Å². The zero-order valence-electron chi connectivity index (χ0n) is 11.2. The minimum absolute atomic E-state index is 0.188. The van der Waals surface area contributed by atoms with E-state index in [0.29, 0.717) is 12.3 Å². The van der Waals surface area contributed by atoms with Crippen LogP contribution >= 0.6 is 0 Å². The minimum Gasteiger partial charge on any atom is -0.410 e. The summed E-state index contributed by atoms with van der Waals surface area (Å²) in [6, 6.07) is 17.1. The number of carbonyl (C=O) groups is 1. The van der Waals surface area contributed by atoms with E-state index in [4.69, 9.17) is 4.74 Å². The molecule has 0 aromatic heterocycles. The summed E-state index contributed by atoms with van der Waals surface area (Å²) < 4.78 is 5.42. The van der Waals surface area contributed by atoms with Crippen molar-refractivity contribution in [1.29, 1.82) is 0 Å². The number of rotatable bonds is 1. The lowest BCUT2D eigenvalue weighted by Gasteiger charge is -2.33. The average Bonchev–Trinajstić information content (AvgIpc) is 2.47. The smallest absolute Gasteiger partial charge is 0.410 e. The van der Waals surface area contributed by atoms with Crippen molar-refractivity contribution in [3.8, 4) is 5.75 Å². The summed E-state index contributed by atoms with van der Waals surface area (Å²) >= 11 is 0. The topological polar surface area (TPSA) is 41.6 Å². The first-order chi connectivity index (χ1) is 9.74. The molecule has 0 spiro atoms. The lowest BCUT2D eigenvalue weighted by atomic mass is 10.1. The van der Waals surface area contributed by atoms with E-state index in [1.165, 1.54) is 0 Å². The zero-order valence-corrected chi connectivity index (χ0v) is 11.2.